The molecule has 2 amide bonds. The van der Waals surface area contributed by atoms with Crippen molar-refractivity contribution < 1.29 is 14.6 Å². The Kier molecular flexibility index (Phi) is 8.14. The van der Waals surface area contributed by atoms with Gasteiger partial charge < -0.3 is 20.1 Å². The van der Waals surface area contributed by atoms with Gasteiger partial charge in [-0.25, -0.2) is 4.79 Å². The third kappa shape index (κ3) is 6.32. The monoisotopic (exact) mass is 367 g/mol. The lowest BCUT2D eigenvalue weighted by Crippen LogP contribution is -2.37. The van der Waals surface area contributed by atoms with Crippen molar-refractivity contribution in [1.29, 1.82) is 5.26 Å². The van der Waals surface area contributed by atoms with Gasteiger partial charge in [0.05, 0.1) is 19.1 Å². The number of urea groups is 1. The highest BCUT2D eigenvalue weighted by Crippen LogP contribution is 2.20. The van der Waals surface area contributed by atoms with Gasteiger partial charge in [-0.05, 0) is 30.2 Å². The molecule has 0 aliphatic rings. The second-order valence-corrected chi connectivity index (χ2v) is 6.07. The highest BCUT2D eigenvalue weighted by Gasteiger charge is 2.14. The Morgan fingerprint density at radius 2 is 1.93 bits per heavy atom. The molecular weight excluding hydrogens is 342 g/mol. The Balaban J connectivity index is 2.02. The van der Waals surface area contributed by atoms with Crippen LogP contribution in [0.4, 0.5) is 10.5 Å². The summed E-state index contributed by atoms with van der Waals surface area (Å²) in [4.78, 5) is 14.0. The van der Waals surface area contributed by atoms with Gasteiger partial charge in [0.1, 0.15) is 12.4 Å². The Bertz CT molecular complexity index is 763. The number of amides is 2. The van der Waals surface area contributed by atoms with Gasteiger partial charge in [-0.3, -0.25) is 0 Å². The van der Waals surface area contributed by atoms with Crippen LogP contribution in [0.5, 0.6) is 5.75 Å². The van der Waals surface area contributed by atoms with Crippen LogP contribution >= 0.6 is 0 Å². The molecule has 2 N–H and O–H groups in total. The van der Waals surface area contributed by atoms with Gasteiger partial charge in [0.25, 0.3) is 0 Å². The maximum Gasteiger partial charge on any atom is 0.321 e. The quantitative estimate of drug-likeness (QED) is 0.709. The average molecular weight is 367 g/mol. The van der Waals surface area contributed by atoms with Crippen molar-refractivity contribution in [2.24, 2.45) is 0 Å². The molecule has 0 saturated heterocycles. The first-order valence-corrected chi connectivity index (χ1v) is 9.01. The summed E-state index contributed by atoms with van der Waals surface area (Å²) in [5.41, 5.74) is 2.48. The molecule has 0 atom stereocenters. The number of hydrogen-bond donors (Lipinski definition) is 2. The molecule has 0 aliphatic carbocycles. The summed E-state index contributed by atoms with van der Waals surface area (Å²) in [7, 11) is 0. The number of nitriles is 1. The summed E-state index contributed by atoms with van der Waals surface area (Å²) in [5.74, 6) is 0.700. The van der Waals surface area contributed by atoms with Crippen LogP contribution in [0.15, 0.2) is 48.5 Å². The Labute approximate surface area is 160 Å². The van der Waals surface area contributed by atoms with Crippen molar-refractivity contribution >= 4 is 11.7 Å². The predicted molar refractivity (Wildman–Crippen MR) is 105 cm³/mol. The van der Waals surface area contributed by atoms with E-state index in [1.54, 1.807) is 4.90 Å². The van der Waals surface area contributed by atoms with Crippen molar-refractivity contribution in [1.82, 2.24) is 4.90 Å². The third-order valence-corrected chi connectivity index (χ3v) is 4.01. The zero-order valence-corrected chi connectivity index (χ0v) is 15.5. The summed E-state index contributed by atoms with van der Waals surface area (Å²) in [6.07, 6.45) is 1.19. The number of aliphatic hydroxyl groups excluding tert-OH is 1. The lowest BCUT2D eigenvalue weighted by Gasteiger charge is -2.22. The molecule has 2 aromatic rings. The number of rotatable bonds is 9. The van der Waals surface area contributed by atoms with Gasteiger partial charge in [-0.15, -0.1) is 0 Å². The number of nitrogens with one attached hydrogen (secondary N) is 1. The van der Waals surface area contributed by atoms with E-state index < -0.39 is 0 Å². The smallest absolute Gasteiger partial charge is 0.321 e. The topological polar surface area (TPSA) is 85.6 Å². The molecule has 0 saturated carbocycles. The molecule has 27 heavy (non-hydrogen) atoms. The normalized spacial score (nSPS) is 10.1. The van der Waals surface area contributed by atoms with Gasteiger partial charge >= 0.3 is 6.03 Å². The lowest BCUT2D eigenvalue weighted by molar-refractivity contribution is 0.188. The van der Waals surface area contributed by atoms with E-state index in [1.807, 2.05) is 55.5 Å². The van der Waals surface area contributed by atoms with Gasteiger partial charge in [-0.1, -0.05) is 37.3 Å². The van der Waals surface area contributed by atoms with E-state index in [9.17, 15) is 4.79 Å². The zero-order chi connectivity index (χ0) is 19.5. The van der Waals surface area contributed by atoms with Crippen LogP contribution in [0.3, 0.4) is 0 Å². The summed E-state index contributed by atoms with van der Waals surface area (Å²) in [6, 6.07) is 16.7. The van der Waals surface area contributed by atoms with Crippen molar-refractivity contribution in [3.05, 3.63) is 59.7 Å². The SMILES string of the molecule is CCCN(CCO)C(=O)Nc1ccccc1COc1ccc(CC#N)cc1. The van der Waals surface area contributed by atoms with Gasteiger partial charge in [0, 0.05) is 24.3 Å². The fourth-order valence-corrected chi connectivity index (χ4v) is 2.62. The van der Waals surface area contributed by atoms with E-state index in [2.05, 4.69) is 11.4 Å². The fourth-order valence-electron chi connectivity index (χ4n) is 2.62. The van der Waals surface area contributed by atoms with Crippen LogP contribution in [-0.4, -0.2) is 35.7 Å². The van der Waals surface area contributed by atoms with E-state index in [0.29, 0.717) is 37.6 Å². The first-order valence-electron chi connectivity index (χ1n) is 9.01. The van der Waals surface area contributed by atoms with Crippen molar-refractivity contribution in [2.45, 2.75) is 26.4 Å². The molecule has 6 heteroatoms. The van der Waals surface area contributed by atoms with Gasteiger partial charge in [-0.2, -0.15) is 5.26 Å². The molecular formula is C21H25N3O3. The zero-order valence-electron chi connectivity index (χ0n) is 15.5. The van der Waals surface area contributed by atoms with E-state index in [0.717, 1.165) is 17.5 Å². The van der Waals surface area contributed by atoms with Crippen molar-refractivity contribution in [3.63, 3.8) is 0 Å². The van der Waals surface area contributed by atoms with Crippen molar-refractivity contribution in [3.8, 4) is 11.8 Å². The lowest BCUT2D eigenvalue weighted by atomic mass is 10.1. The molecule has 0 fully saturated rings. The number of nitrogens with zero attached hydrogens (tertiary/aromatic N) is 2. The van der Waals surface area contributed by atoms with E-state index in [-0.39, 0.29) is 12.6 Å². The summed E-state index contributed by atoms with van der Waals surface area (Å²) in [5, 5.41) is 20.8. The van der Waals surface area contributed by atoms with Gasteiger partial charge in [0.15, 0.2) is 0 Å². The number of ether oxygens (including phenoxy) is 1. The standard InChI is InChI=1S/C21H25N3O3/c1-2-13-24(14-15-25)21(26)23-20-6-4-3-5-18(20)16-27-19-9-7-17(8-10-19)11-12-22/h3-10,25H,2,11,13-16H2,1H3,(H,23,26). The summed E-state index contributed by atoms with van der Waals surface area (Å²) in [6.45, 7) is 3.11. The molecule has 0 unspecified atom stereocenters. The fraction of sp³-hybridized carbons (Fsp3) is 0.333. The minimum absolute atomic E-state index is 0.0695. The number of benzene rings is 2. The second-order valence-electron chi connectivity index (χ2n) is 6.07. The minimum Gasteiger partial charge on any atom is -0.489 e. The highest BCUT2D eigenvalue weighted by atomic mass is 16.5. The Morgan fingerprint density at radius 1 is 1.19 bits per heavy atom. The van der Waals surface area contributed by atoms with Crippen LogP contribution in [0, 0.1) is 11.3 Å². The average Bonchev–Trinajstić information content (AvgIpc) is 2.68. The van der Waals surface area contributed by atoms with Gasteiger partial charge in [0.2, 0.25) is 0 Å². The first-order chi connectivity index (χ1) is 13.2. The van der Waals surface area contributed by atoms with Crippen molar-refractivity contribution in [2.75, 3.05) is 25.0 Å². The van der Waals surface area contributed by atoms with E-state index >= 15 is 0 Å². The summed E-state index contributed by atoms with van der Waals surface area (Å²) >= 11 is 0. The first kappa shape index (κ1) is 20.3. The molecule has 0 heterocycles. The largest absolute Gasteiger partial charge is 0.489 e. The third-order valence-electron chi connectivity index (χ3n) is 4.01. The van der Waals surface area contributed by atoms with Crippen LogP contribution in [0.2, 0.25) is 0 Å². The van der Waals surface area contributed by atoms with E-state index in [1.165, 1.54) is 0 Å². The minimum atomic E-state index is -0.237. The van der Waals surface area contributed by atoms with Crippen LogP contribution in [0.25, 0.3) is 0 Å². The maximum absolute atomic E-state index is 12.5. The molecule has 2 aromatic carbocycles. The maximum atomic E-state index is 12.5. The number of carbonyl (C=O) groups excluding carboxylic acids is 1. The molecule has 2 rings (SSSR count). The van der Waals surface area contributed by atoms with Crippen LogP contribution < -0.4 is 10.1 Å². The molecule has 0 aromatic heterocycles. The molecule has 142 valence electrons. The Hall–Kier alpha value is -3.04. The van der Waals surface area contributed by atoms with E-state index in [4.69, 9.17) is 15.1 Å². The van der Waals surface area contributed by atoms with Crippen LogP contribution in [-0.2, 0) is 13.0 Å². The van der Waals surface area contributed by atoms with Crippen LogP contribution in [0.1, 0.15) is 24.5 Å². The number of aliphatic hydroxyl groups is 1. The highest BCUT2D eigenvalue weighted by molar-refractivity contribution is 5.90. The second kappa shape index (κ2) is 10.8. The number of anilines is 1. The molecule has 0 spiro atoms. The number of para-hydroxylation sites is 1. The molecule has 0 aliphatic heterocycles. The summed E-state index contributed by atoms with van der Waals surface area (Å²) < 4.78 is 5.82. The number of carbonyl (C=O) groups is 1. The molecule has 0 radical (unpaired) electrons. The Morgan fingerprint density at radius 3 is 2.59 bits per heavy atom. The molecule has 6 nitrogen and oxygen atoms in total. The predicted octanol–water partition coefficient (Wildman–Crippen LogP) is 3.57. The molecule has 0 bridgehead atoms. The number of hydrogen-bond acceptors (Lipinski definition) is 4.